The van der Waals surface area contributed by atoms with Gasteiger partial charge in [0.1, 0.15) is 0 Å². The quantitative estimate of drug-likeness (QED) is 0.799. The van der Waals surface area contributed by atoms with E-state index in [1.165, 1.54) is 6.07 Å². The third kappa shape index (κ3) is 3.84. The van der Waals surface area contributed by atoms with E-state index in [9.17, 15) is 4.39 Å². The highest BCUT2D eigenvalue weighted by atomic mass is 19.1. The standard InChI is InChI=1S/C16H20FN3O/c1-3-6-21-16-8-15(14(18)7-13(16)17)20-10-12-9-19-5-4-11(12)2/h4-5,7-9,20H,3,6,10,18H2,1-2H3. The van der Waals surface area contributed by atoms with Gasteiger partial charge in [0.2, 0.25) is 0 Å². The van der Waals surface area contributed by atoms with E-state index < -0.39 is 5.82 Å². The van der Waals surface area contributed by atoms with Crippen molar-refractivity contribution in [1.29, 1.82) is 0 Å². The lowest BCUT2D eigenvalue weighted by atomic mass is 10.1. The number of hydrogen-bond donors (Lipinski definition) is 2. The van der Waals surface area contributed by atoms with Gasteiger partial charge in [0.25, 0.3) is 0 Å². The van der Waals surface area contributed by atoms with Gasteiger partial charge in [-0.1, -0.05) is 6.92 Å². The number of rotatable bonds is 6. The highest BCUT2D eigenvalue weighted by molar-refractivity contribution is 5.68. The van der Waals surface area contributed by atoms with Crippen molar-refractivity contribution in [2.45, 2.75) is 26.8 Å². The number of aromatic nitrogens is 1. The molecule has 0 spiro atoms. The third-order valence-electron chi connectivity index (χ3n) is 3.18. The second kappa shape index (κ2) is 6.92. The van der Waals surface area contributed by atoms with Crippen LogP contribution in [-0.2, 0) is 6.54 Å². The molecule has 0 saturated heterocycles. The van der Waals surface area contributed by atoms with Crippen LogP contribution < -0.4 is 15.8 Å². The van der Waals surface area contributed by atoms with Crippen molar-refractivity contribution in [2.24, 2.45) is 0 Å². The molecule has 1 aromatic carbocycles. The Morgan fingerprint density at radius 2 is 2.19 bits per heavy atom. The number of benzene rings is 1. The lowest BCUT2D eigenvalue weighted by Crippen LogP contribution is -2.06. The maximum Gasteiger partial charge on any atom is 0.167 e. The number of halogens is 1. The Balaban J connectivity index is 2.14. The largest absolute Gasteiger partial charge is 0.490 e. The molecule has 0 atom stereocenters. The molecule has 0 fully saturated rings. The van der Waals surface area contributed by atoms with E-state index in [1.54, 1.807) is 18.5 Å². The average Bonchev–Trinajstić information content (AvgIpc) is 2.47. The number of pyridine rings is 1. The van der Waals surface area contributed by atoms with E-state index in [-0.39, 0.29) is 5.75 Å². The molecule has 3 N–H and O–H groups in total. The van der Waals surface area contributed by atoms with Gasteiger partial charge in [-0.2, -0.15) is 0 Å². The molecule has 4 nitrogen and oxygen atoms in total. The topological polar surface area (TPSA) is 60.2 Å². The summed E-state index contributed by atoms with van der Waals surface area (Å²) in [4.78, 5) is 4.10. The van der Waals surface area contributed by atoms with Crippen molar-refractivity contribution >= 4 is 11.4 Å². The molecule has 5 heteroatoms. The molecule has 0 aliphatic carbocycles. The van der Waals surface area contributed by atoms with Gasteiger partial charge >= 0.3 is 0 Å². The smallest absolute Gasteiger partial charge is 0.167 e. The molecule has 112 valence electrons. The van der Waals surface area contributed by atoms with Gasteiger partial charge < -0.3 is 15.8 Å². The summed E-state index contributed by atoms with van der Waals surface area (Å²) in [6.45, 7) is 5.03. The molecule has 0 aliphatic heterocycles. The van der Waals surface area contributed by atoms with Crippen LogP contribution in [0.4, 0.5) is 15.8 Å². The van der Waals surface area contributed by atoms with Crippen molar-refractivity contribution in [1.82, 2.24) is 4.98 Å². The van der Waals surface area contributed by atoms with Gasteiger partial charge in [-0.05, 0) is 30.5 Å². The second-order valence-electron chi connectivity index (χ2n) is 4.87. The molecular weight excluding hydrogens is 269 g/mol. The number of nitrogen functional groups attached to an aromatic ring is 1. The van der Waals surface area contributed by atoms with Gasteiger partial charge in [0.05, 0.1) is 18.0 Å². The number of nitrogens with zero attached hydrogens (tertiary/aromatic N) is 1. The number of ether oxygens (including phenoxy) is 1. The van der Waals surface area contributed by atoms with E-state index in [0.29, 0.717) is 24.5 Å². The van der Waals surface area contributed by atoms with E-state index >= 15 is 0 Å². The van der Waals surface area contributed by atoms with E-state index in [1.807, 2.05) is 19.9 Å². The van der Waals surface area contributed by atoms with E-state index in [2.05, 4.69) is 10.3 Å². The summed E-state index contributed by atoms with van der Waals surface area (Å²) in [5.74, 6) is -0.222. The molecule has 0 aliphatic rings. The van der Waals surface area contributed by atoms with Crippen LogP contribution in [0.25, 0.3) is 0 Å². The third-order valence-corrected chi connectivity index (χ3v) is 3.18. The minimum atomic E-state index is -0.441. The zero-order chi connectivity index (χ0) is 15.2. The zero-order valence-corrected chi connectivity index (χ0v) is 12.3. The predicted molar refractivity (Wildman–Crippen MR) is 82.9 cm³/mol. The van der Waals surface area contributed by atoms with Crippen molar-refractivity contribution in [2.75, 3.05) is 17.7 Å². The number of nitrogens with one attached hydrogen (secondary N) is 1. The molecule has 0 bridgehead atoms. The number of anilines is 2. The minimum Gasteiger partial charge on any atom is -0.490 e. The second-order valence-corrected chi connectivity index (χ2v) is 4.87. The first-order valence-electron chi connectivity index (χ1n) is 6.97. The van der Waals surface area contributed by atoms with Crippen molar-refractivity contribution in [3.8, 4) is 5.75 Å². The van der Waals surface area contributed by atoms with Crippen LogP contribution in [0.1, 0.15) is 24.5 Å². The lowest BCUT2D eigenvalue weighted by Gasteiger charge is -2.13. The normalized spacial score (nSPS) is 10.4. The molecule has 0 saturated carbocycles. The summed E-state index contributed by atoms with van der Waals surface area (Å²) in [7, 11) is 0. The summed E-state index contributed by atoms with van der Waals surface area (Å²) >= 11 is 0. The Labute approximate surface area is 124 Å². The van der Waals surface area contributed by atoms with Crippen LogP contribution in [0.2, 0.25) is 0 Å². The SMILES string of the molecule is CCCOc1cc(NCc2cnccc2C)c(N)cc1F. The molecule has 21 heavy (non-hydrogen) atoms. The van der Waals surface area contributed by atoms with Gasteiger partial charge in [-0.3, -0.25) is 4.98 Å². The first kappa shape index (κ1) is 15.1. The van der Waals surface area contributed by atoms with Crippen LogP contribution in [0.5, 0.6) is 5.75 Å². The summed E-state index contributed by atoms with van der Waals surface area (Å²) in [5, 5.41) is 3.20. The van der Waals surface area contributed by atoms with Crippen LogP contribution in [0.15, 0.2) is 30.6 Å². The Kier molecular flexibility index (Phi) is 4.98. The van der Waals surface area contributed by atoms with Gasteiger partial charge in [0.15, 0.2) is 11.6 Å². The Hall–Kier alpha value is -2.30. The lowest BCUT2D eigenvalue weighted by molar-refractivity contribution is 0.301. The summed E-state index contributed by atoms with van der Waals surface area (Å²) in [6, 6.07) is 4.83. The van der Waals surface area contributed by atoms with Gasteiger partial charge in [-0.25, -0.2) is 4.39 Å². The van der Waals surface area contributed by atoms with Crippen LogP contribution >= 0.6 is 0 Å². The first-order valence-corrected chi connectivity index (χ1v) is 6.97. The number of hydrogen-bond acceptors (Lipinski definition) is 4. The minimum absolute atomic E-state index is 0.219. The van der Waals surface area contributed by atoms with Crippen LogP contribution in [0.3, 0.4) is 0 Å². The molecule has 2 rings (SSSR count). The maximum atomic E-state index is 13.7. The highest BCUT2D eigenvalue weighted by Gasteiger charge is 2.09. The van der Waals surface area contributed by atoms with Crippen molar-refractivity contribution in [3.05, 3.63) is 47.5 Å². The van der Waals surface area contributed by atoms with Crippen LogP contribution in [0, 0.1) is 12.7 Å². The number of nitrogens with two attached hydrogens (primary N) is 1. The monoisotopic (exact) mass is 289 g/mol. The molecule has 0 unspecified atom stereocenters. The Morgan fingerprint density at radius 1 is 1.38 bits per heavy atom. The van der Waals surface area contributed by atoms with E-state index in [4.69, 9.17) is 10.5 Å². The van der Waals surface area contributed by atoms with Crippen molar-refractivity contribution < 1.29 is 9.13 Å². The highest BCUT2D eigenvalue weighted by Crippen LogP contribution is 2.28. The molecule has 0 radical (unpaired) electrons. The van der Waals surface area contributed by atoms with Gasteiger partial charge in [0, 0.05) is 31.1 Å². The maximum absolute atomic E-state index is 13.7. The Morgan fingerprint density at radius 3 is 2.90 bits per heavy atom. The van der Waals surface area contributed by atoms with E-state index in [0.717, 1.165) is 17.5 Å². The fraction of sp³-hybridized carbons (Fsp3) is 0.312. The fourth-order valence-electron chi connectivity index (χ4n) is 1.92. The fourth-order valence-corrected chi connectivity index (χ4v) is 1.92. The number of aryl methyl sites for hydroxylation is 1. The summed E-state index contributed by atoms with van der Waals surface area (Å²) in [6.07, 6.45) is 4.37. The van der Waals surface area contributed by atoms with Crippen molar-refractivity contribution in [3.63, 3.8) is 0 Å². The molecule has 2 aromatic rings. The summed E-state index contributed by atoms with van der Waals surface area (Å²) in [5.41, 5.74) is 9.07. The summed E-state index contributed by atoms with van der Waals surface area (Å²) < 4.78 is 19.1. The molecular formula is C16H20FN3O. The first-order chi connectivity index (χ1) is 10.1. The zero-order valence-electron chi connectivity index (χ0n) is 12.3. The molecule has 1 aromatic heterocycles. The van der Waals surface area contributed by atoms with Crippen LogP contribution in [-0.4, -0.2) is 11.6 Å². The molecule has 1 heterocycles. The van der Waals surface area contributed by atoms with Gasteiger partial charge in [-0.15, -0.1) is 0 Å². The predicted octanol–water partition coefficient (Wildman–Crippen LogP) is 3.51. The Bertz CT molecular complexity index is 616. The average molecular weight is 289 g/mol. The molecule has 0 amide bonds.